The molecule has 6 rings (SSSR count). The van der Waals surface area contributed by atoms with E-state index in [0.717, 1.165) is 0 Å². The van der Waals surface area contributed by atoms with E-state index in [2.05, 4.69) is 72.8 Å². The standard InChI is InChI=1S/C20H16P.C5H5.2ClH.Ti/c1-2-7-15-13-16(12-14(15)6-1)21-19-10-4-3-8-17(19)18-9-5-11-20(18)21;1-2-4-5-3-1;;;/h1-4,6-8,10,12-13H,5,9,11H2;1-3H,4H2;2*1H;/q;;;;+2/p-2. The van der Waals surface area contributed by atoms with Gasteiger partial charge in [-0.15, -0.1) is 0 Å². The molecule has 2 unspecified atom stereocenters. The van der Waals surface area contributed by atoms with Crippen LogP contribution in [0, 0.1) is 0 Å². The minimum atomic E-state index is -0.284. The fraction of sp³-hybridized carbons (Fsp3) is 0.200. The molecule has 3 aliphatic rings. The van der Waals surface area contributed by atoms with E-state index >= 15 is 0 Å². The first kappa shape index (κ1) is 21.2. The molecule has 1 aromatic heterocycles. The van der Waals surface area contributed by atoms with Gasteiger partial charge in [-0.3, -0.25) is 0 Å². The van der Waals surface area contributed by atoms with Gasteiger partial charge in [0, 0.05) is 0 Å². The molecule has 1 heterocycles. The summed E-state index contributed by atoms with van der Waals surface area (Å²) < 4.78 is 2.39. The zero-order valence-corrected chi connectivity index (χ0v) is 20.0. The average Bonchev–Trinajstić information content (AvgIpc) is 3.46. The summed E-state index contributed by atoms with van der Waals surface area (Å²) in [6.07, 6.45) is 14.7. The van der Waals surface area contributed by atoms with Crippen LogP contribution in [0.5, 0.6) is 0 Å². The zero-order valence-electron chi connectivity index (χ0n) is 16.0. The summed E-state index contributed by atoms with van der Waals surface area (Å²) in [5.41, 5.74) is 4.79. The number of rotatable bonds is 3. The number of hydrogen-bond acceptors (Lipinski definition) is 0. The molecule has 4 heteroatoms. The maximum absolute atomic E-state index is 2.59. The maximum atomic E-state index is 2.59. The molecule has 0 nitrogen and oxygen atoms in total. The van der Waals surface area contributed by atoms with Crippen molar-refractivity contribution in [2.75, 3.05) is 0 Å². The van der Waals surface area contributed by atoms with Gasteiger partial charge >= 0.3 is 171 Å². The molecule has 0 aliphatic heterocycles. The van der Waals surface area contributed by atoms with Crippen LogP contribution in [0.3, 0.4) is 0 Å². The Kier molecular flexibility index (Phi) is 6.31. The van der Waals surface area contributed by atoms with E-state index in [9.17, 15) is 0 Å². The SMILES string of the molecule is C1=CC[C]([Ti+2][CH]2C(p3c4c(c5ccccc53)CCC4)=Cc3ccccc32)=C1.[Cl-].[Cl-]. The number of aryl methyl sites for hydroxylation is 1. The summed E-state index contributed by atoms with van der Waals surface area (Å²) in [5, 5.41) is 6.79. The Morgan fingerprint density at radius 1 is 0.931 bits per heavy atom. The van der Waals surface area contributed by atoms with Crippen LogP contribution >= 0.6 is 7.53 Å². The van der Waals surface area contributed by atoms with Gasteiger partial charge in [-0.05, 0) is 0 Å². The Labute approximate surface area is 195 Å². The van der Waals surface area contributed by atoms with E-state index in [1.54, 1.807) is 36.1 Å². The average molecular weight is 471 g/mol. The molecular formula is C25H21Cl2PTi. The molecule has 2 aromatic carbocycles. The quantitative estimate of drug-likeness (QED) is 0.506. The van der Waals surface area contributed by atoms with Crippen molar-refractivity contribution in [1.29, 1.82) is 0 Å². The Hall–Kier alpha value is -1.01. The van der Waals surface area contributed by atoms with Crippen LogP contribution in [-0.2, 0) is 32.0 Å². The minimum absolute atomic E-state index is 0. The molecule has 0 bridgehead atoms. The molecular weight excluding hydrogens is 450 g/mol. The summed E-state index contributed by atoms with van der Waals surface area (Å²) in [5.74, 6) is 0. The van der Waals surface area contributed by atoms with Crippen molar-refractivity contribution < 1.29 is 44.0 Å². The van der Waals surface area contributed by atoms with Gasteiger partial charge in [-0.2, -0.15) is 0 Å². The molecule has 0 saturated carbocycles. The van der Waals surface area contributed by atoms with Crippen molar-refractivity contribution in [3.05, 3.63) is 92.6 Å². The number of fused-ring (bicyclic) bond motifs is 4. The van der Waals surface area contributed by atoms with Crippen molar-refractivity contribution in [2.24, 2.45) is 0 Å². The van der Waals surface area contributed by atoms with Crippen LogP contribution in [0.25, 0.3) is 21.9 Å². The monoisotopic (exact) mass is 470 g/mol. The third-order valence-corrected chi connectivity index (χ3v) is 12.0. The molecule has 0 amide bonds. The molecule has 144 valence electrons. The summed E-state index contributed by atoms with van der Waals surface area (Å²) in [6.45, 7) is 0. The number of benzene rings is 2. The normalized spacial score (nSPS) is 19.0. The molecule has 0 fully saturated rings. The summed E-state index contributed by atoms with van der Waals surface area (Å²) in [7, 11) is -0.284. The molecule has 0 N–H and O–H groups in total. The first-order chi connectivity index (χ1) is 13.4. The van der Waals surface area contributed by atoms with Crippen LogP contribution in [-0.4, -0.2) is 0 Å². The second kappa shape index (κ2) is 8.62. The minimum Gasteiger partial charge on any atom is -1.00 e. The molecule has 29 heavy (non-hydrogen) atoms. The fourth-order valence-electron chi connectivity index (χ4n) is 5.02. The van der Waals surface area contributed by atoms with E-state index in [1.165, 1.54) is 31.2 Å². The topological polar surface area (TPSA) is 0 Å². The summed E-state index contributed by atoms with van der Waals surface area (Å²) in [4.78, 5) is 0. The van der Waals surface area contributed by atoms with E-state index < -0.39 is 0 Å². The van der Waals surface area contributed by atoms with Gasteiger partial charge in [0.2, 0.25) is 0 Å². The van der Waals surface area contributed by atoms with E-state index in [0.29, 0.717) is 4.22 Å². The Morgan fingerprint density at radius 3 is 2.62 bits per heavy atom. The van der Waals surface area contributed by atoms with Gasteiger partial charge in [-0.25, -0.2) is 0 Å². The van der Waals surface area contributed by atoms with Crippen LogP contribution in [0.2, 0.25) is 0 Å². The summed E-state index contributed by atoms with van der Waals surface area (Å²) >= 11 is -0.178. The second-order valence-electron chi connectivity index (χ2n) is 7.73. The molecule has 0 radical (unpaired) electrons. The number of hydrogen-bond donors (Lipinski definition) is 0. The number of halogens is 2. The fourth-order valence-corrected chi connectivity index (χ4v) is 11.3. The third-order valence-electron chi connectivity index (χ3n) is 6.19. The molecule has 2 atom stereocenters. The van der Waals surface area contributed by atoms with Crippen molar-refractivity contribution in [2.45, 2.75) is 29.9 Å². The third kappa shape index (κ3) is 3.44. The predicted molar refractivity (Wildman–Crippen MR) is 114 cm³/mol. The predicted octanol–water partition coefficient (Wildman–Crippen LogP) is 1.30. The second-order valence-corrected chi connectivity index (χ2v) is 12.3. The Morgan fingerprint density at radius 2 is 1.76 bits per heavy atom. The smallest absolute Gasteiger partial charge is 1.00 e. The first-order valence-corrected chi connectivity index (χ1v) is 13.0. The molecule has 0 saturated heterocycles. The van der Waals surface area contributed by atoms with Crippen LogP contribution in [0.1, 0.15) is 39.0 Å². The number of allylic oxidation sites excluding steroid dienone is 5. The van der Waals surface area contributed by atoms with Crippen LogP contribution in [0.4, 0.5) is 0 Å². The van der Waals surface area contributed by atoms with Crippen molar-refractivity contribution >= 4 is 29.4 Å². The Bertz CT molecular complexity index is 1170. The van der Waals surface area contributed by atoms with Gasteiger partial charge in [-0.1, -0.05) is 0 Å². The molecule has 0 spiro atoms. The van der Waals surface area contributed by atoms with Gasteiger partial charge < -0.3 is 24.8 Å². The van der Waals surface area contributed by atoms with E-state index in [4.69, 9.17) is 0 Å². The molecule has 3 aromatic rings. The maximum Gasteiger partial charge on any atom is -1.00 e. The van der Waals surface area contributed by atoms with Crippen LogP contribution in [0.15, 0.2) is 70.6 Å². The first-order valence-electron chi connectivity index (χ1n) is 9.94. The molecule has 3 aliphatic carbocycles. The van der Waals surface area contributed by atoms with Crippen molar-refractivity contribution in [3.63, 3.8) is 0 Å². The van der Waals surface area contributed by atoms with Gasteiger partial charge in [0.25, 0.3) is 0 Å². The van der Waals surface area contributed by atoms with Crippen molar-refractivity contribution in [1.82, 2.24) is 0 Å². The summed E-state index contributed by atoms with van der Waals surface area (Å²) in [6, 6.07) is 18.5. The van der Waals surface area contributed by atoms with Gasteiger partial charge in [0.1, 0.15) is 0 Å². The van der Waals surface area contributed by atoms with Gasteiger partial charge in [0.05, 0.1) is 0 Å². The van der Waals surface area contributed by atoms with Gasteiger partial charge in [0.15, 0.2) is 0 Å². The van der Waals surface area contributed by atoms with Crippen LogP contribution < -0.4 is 24.8 Å². The Balaban J connectivity index is 0.00000102. The van der Waals surface area contributed by atoms with Crippen molar-refractivity contribution in [3.8, 4) is 0 Å². The largest absolute Gasteiger partial charge is 1.00 e. The zero-order chi connectivity index (χ0) is 17.8. The van der Waals surface area contributed by atoms with E-state index in [-0.39, 0.29) is 51.5 Å². The van der Waals surface area contributed by atoms with E-state index in [1.807, 2.05) is 0 Å².